The lowest BCUT2D eigenvalue weighted by Gasteiger charge is -2.05. The molecule has 0 unspecified atom stereocenters. The molecule has 0 fully saturated rings. The van der Waals surface area contributed by atoms with Crippen molar-refractivity contribution in [2.45, 2.75) is 84.5 Å². The molecule has 0 aliphatic carbocycles. The van der Waals surface area contributed by atoms with Crippen molar-refractivity contribution in [1.82, 2.24) is 5.32 Å². The van der Waals surface area contributed by atoms with E-state index in [1.807, 2.05) is 0 Å². The molecule has 0 aromatic rings. The molecule has 0 saturated heterocycles. The van der Waals surface area contributed by atoms with Crippen molar-refractivity contribution >= 4 is 11.9 Å². The van der Waals surface area contributed by atoms with Crippen LogP contribution in [-0.2, 0) is 14.3 Å². The van der Waals surface area contributed by atoms with Crippen LogP contribution in [0.2, 0.25) is 0 Å². The van der Waals surface area contributed by atoms with Crippen LogP contribution in [0, 0.1) is 0 Å². The van der Waals surface area contributed by atoms with Crippen molar-refractivity contribution in [3.05, 3.63) is 0 Å². The lowest BCUT2D eigenvalue weighted by molar-refractivity contribution is -0.143. The monoisotopic (exact) mass is 299 g/mol. The van der Waals surface area contributed by atoms with Gasteiger partial charge in [0.1, 0.15) is 0 Å². The first-order chi connectivity index (χ1) is 10.2. The smallest absolute Gasteiger partial charge is 0.305 e. The molecule has 0 aliphatic rings. The second-order valence-electron chi connectivity index (χ2n) is 5.64. The average molecular weight is 299 g/mol. The quantitative estimate of drug-likeness (QED) is 0.390. The molecule has 21 heavy (non-hydrogen) atoms. The second kappa shape index (κ2) is 15.3. The Morgan fingerprint density at radius 1 is 0.857 bits per heavy atom. The topological polar surface area (TPSA) is 55.4 Å². The molecule has 1 amide bonds. The van der Waals surface area contributed by atoms with Gasteiger partial charge in [-0.25, -0.2) is 0 Å². The van der Waals surface area contributed by atoms with E-state index in [0.717, 1.165) is 25.7 Å². The summed E-state index contributed by atoms with van der Waals surface area (Å²) < 4.78 is 5.19. The largest absolute Gasteiger partial charge is 0.466 e. The number of amides is 1. The Hall–Kier alpha value is -1.06. The highest BCUT2D eigenvalue weighted by Gasteiger charge is 2.02. The number of esters is 1. The second-order valence-corrected chi connectivity index (χ2v) is 5.64. The number of hydrogen-bond donors (Lipinski definition) is 1. The van der Waals surface area contributed by atoms with Gasteiger partial charge >= 0.3 is 5.97 Å². The van der Waals surface area contributed by atoms with Gasteiger partial charge in [0.15, 0.2) is 0 Å². The van der Waals surface area contributed by atoms with E-state index in [-0.39, 0.29) is 11.9 Å². The van der Waals surface area contributed by atoms with Crippen LogP contribution < -0.4 is 5.32 Å². The third-order valence-electron chi connectivity index (χ3n) is 3.44. The van der Waals surface area contributed by atoms with Crippen molar-refractivity contribution in [2.75, 3.05) is 13.2 Å². The Labute approximate surface area is 130 Å². The minimum atomic E-state index is -0.110. The van der Waals surface area contributed by atoms with Gasteiger partial charge in [-0.3, -0.25) is 9.59 Å². The summed E-state index contributed by atoms with van der Waals surface area (Å²) in [6, 6.07) is 0. The SMILES string of the molecule is CCCCCCCCCCOC(=O)CCCCNC(C)=O. The summed E-state index contributed by atoms with van der Waals surface area (Å²) in [6.45, 7) is 4.92. The van der Waals surface area contributed by atoms with Crippen LogP contribution >= 0.6 is 0 Å². The Bertz CT molecular complexity index is 267. The maximum atomic E-state index is 11.4. The number of unbranched alkanes of at least 4 members (excludes halogenated alkanes) is 8. The first kappa shape index (κ1) is 19.9. The fourth-order valence-corrected chi connectivity index (χ4v) is 2.15. The fourth-order valence-electron chi connectivity index (χ4n) is 2.15. The number of ether oxygens (including phenoxy) is 1. The van der Waals surface area contributed by atoms with Gasteiger partial charge in [-0.05, 0) is 19.3 Å². The van der Waals surface area contributed by atoms with Crippen LogP contribution in [0.15, 0.2) is 0 Å². The fraction of sp³-hybridized carbons (Fsp3) is 0.882. The van der Waals surface area contributed by atoms with Gasteiger partial charge in [0.05, 0.1) is 6.61 Å². The molecule has 0 aliphatic heterocycles. The minimum Gasteiger partial charge on any atom is -0.466 e. The van der Waals surface area contributed by atoms with Crippen LogP contribution in [0.3, 0.4) is 0 Å². The molecule has 0 atom stereocenters. The predicted molar refractivity (Wildman–Crippen MR) is 86.1 cm³/mol. The van der Waals surface area contributed by atoms with E-state index in [9.17, 15) is 9.59 Å². The van der Waals surface area contributed by atoms with Crippen LogP contribution in [0.4, 0.5) is 0 Å². The van der Waals surface area contributed by atoms with Crippen molar-refractivity contribution < 1.29 is 14.3 Å². The summed E-state index contributed by atoms with van der Waals surface area (Å²) in [5.41, 5.74) is 0. The number of carbonyl (C=O) groups excluding carboxylic acids is 2. The number of hydrogen-bond acceptors (Lipinski definition) is 3. The first-order valence-corrected chi connectivity index (χ1v) is 8.57. The summed E-state index contributed by atoms with van der Waals surface area (Å²) in [6.07, 6.45) is 12.1. The van der Waals surface area contributed by atoms with E-state index in [0.29, 0.717) is 19.6 Å². The van der Waals surface area contributed by atoms with Gasteiger partial charge in [0, 0.05) is 19.9 Å². The van der Waals surface area contributed by atoms with Gasteiger partial charge in [-0.15, -0.1) is 0 Å². The summed E-state index contributed by atoms with van der Waals surface area (Å²) in [5, 5.41) is 2.71. The van der Waals surface area contributed by atoms with E-state index in [2.05, 4.69) is 12.2 Å². The van der Waals surface area contributed by atoms with Crippen molar-refractivity contribution in [2.24, 2.45) is 0 Å². The van der Waals surface area contributed by atoms with E-state index in [1.165, 1.54) is 45.4 Å². The highest BCUT2D eigenvalue weighted by Crippen LogP contribution is 2.08. The maximum absolute atomic E-state index is 11.4. The van der Waals surface area contributed by atoms with Crippen LogP contribution in [0.25, 0.3) is 0 Å². The summed E-state index contributed by atoms with van der Waals surface area (Å²) in [4.78, 5) is 22.1. The molecular weight excluding hydrogens is 266 g/mol. The molecule has 0 aromatic carbocycles. The van der Waals surface area contributed by atoms with Crippen LogP contribution in [0.1, 0.15) is 84.5 Å². The molecule has 4 heteroatoms. The van der Waals surface area contributed by atoms with E-state index >= 15 is 0 Å². The van der Waals surface area contributed by atoms with Crippen molar-refractivity contribution in [3.8, 4) is 0 Å². The first-order valence-electron chi connectivity index (χ1n) is 8.57. The highest BCUT2D eigenvalue weighted by atomic mass is 16.5. The predicted octanol–water partition coefficient (Wildman–Crippen LogP) is 3.98. The molecule has 0 heterocycles. The van der Waals surface area contributed by atoms with E-state index in [1.54, 1.807) is 0 Å². The van der Waals surface area contributed by atoms with Gasteiger partial charge < -0.3 is 10.1 Å². The lowest BCUT2D eigenvalue weighted by atomic mass is 10.1. The molecule has 4 nitrogen and oxygen atoms in total. The van der Waals surface area contributed by atoms with Crippen LogP contribution in [-0.4, -0.2) is 25.0 Å². The maximum Gasteiger partial charge on any atom is 0.305 e. The summed E-state index contributed by atoms with van der Waals surface area (Å²) >= 11 is 0. The molecule has 0 spiro atoms. The number of rotatable bonds is 14. The van der Waals surface area contributed by atoms with Gasteiger partial charge in [-0.2, -0.15) is 0 Å². The molecule has 0 saturated carbocycles. The molecule has 0 radical (unpaired) electrons. The zero-order chi connectivity index (χ0) is 15.8. The Kier molecular flexibility index (Phi) is 14.6. The number of carbonyl (C=O) groups is 2. The van der Waals surface area contributed by atoms with E-state index in [4.69, 9.17) is 4.74 Å². The summed E-state index contributed by atoms with van der Waals surface area (Å²) in [5.74, 6) is -0.131. The van der Waals surface area contributed by atoms with Crippen molar-refractivity contribution in [3.63, 3.8) is 0 Å². The highest BCUT2D eigenvalue weighted by molar-refractivity contribution is 5.72. The van der Waals surface area contributed by atoms with E-state index < -0.39 is 0 Å². The zero-order valence-corrected chi connectivity index (χ0v) is 13.9. The molecule has 124 valence electrons. The third kappa shape index (κ3) is 16.9. The molecule has 0 rings (SSSR count). The van der Waals surface area contributed by atoms with Gasteiger partial charge in [-0.1, -0.05) is 51.9 Å². The minimum absolute atomic E-state index is 0.0210. The van der Waals surface area contributed by atoms with Crippen LogP contribution in [0.5, 0.6) is 0 Å². The Morgan fingerprint density at radius 3 is 2.10 bits per heavy atom. The standard InChI is InChI=1S/C17H33NO3/c1-3-4-5-6-7-8-9-12-15-21-17(20)13-10-11-14-18-16(2)19/h3-15H2,1-2H3,(H,18,19). The Morgan fingerprint density at radius 2 is 1.48 bits per heavy atom. The average Bonchev–Trinajstić information content (AvgIpc) is 2.45. The lowest BCUT2D eigenvalue weighted by Crippen LogP contribution is -2.21. The molecule has 1 N–H and O–H groups in total. The zero-order valence-electron chi connectivity index (χ0n) is 13.9. The van der Waals surface area contributed by atoms with Gasteiger partial charge in [0.25, 0.3) is 0 Å². The Balaban J connectivity index is 3.17. The third-order valence-corrected chi connectivity index (χ3v) is 3.44. The molecule has 0 aromatic heterocycles. The number of nitrogens with one attached hydrogen (secondary N) is 1. The normalized spacial score (nSPS) is 10.4. The summed E-state index contributed by atoms with van der Waals surface area (Å²) in [7, 11) is 0. The van der Waals surface area contributed by atoms with Crippen molar-refractivity contribution in [1.29, 1.82) is 0 Å². The molecular formula is C17H33NO3. The van der Waals surface area contributed by atoms with Gasteiger partial charge in [0.2, 0.25) is 5.91 Å². The molecule has 0 bridgehead atoms.